The highest BCUT2D eigenvalue weighted by atomic mass is 16.5. The van der Waals surface area contributed by atoms with Gasteiger partial charge in [-0.05, 0) is 30.7 Å². The van der Waals surface area contributed by atoms with Crippen molar-refractivity contribution >= 4 is 11.6 Å². The predicted molar refractivity (Wildman–Crippen MR) is 90.0 cm³/mol. The van der Waals surface area contributed by atoms with Crippen LogP contribution in [0.4, 0.5) is 5.69 Å². The third kappa shape index (κ3) is 4.12. The lowest BCUT2D eigenvalue weighted by Gasteiger charge is -2.10. The van der Waals surface area contributed by atoms with E-state index in [1.54, 1.807) is 6.20 Å². The Balaban J connectivity index is 1.65. The molecule has 0 bridgehead atoms. The molecule has 1 aromatic heterocycles. The van der Waals surface area contributed by atoms with Gasteiger partial charge in [0.1, 0.15) is 0 Å². The highest BCUT2D eigenvalue weighted by Crippen LogP contribution is 2.32. The molecule has 0 saturated carbocycles. The fourth-order valence-corrected chi connectivity index (χ4v) is 2.20. The topological polar surface area (TPSA) is 81.8 Å². The monoisotopic (exact) mass is 312 g/mol. The van der Waals surface area contributed by atoms with Crippen LogP contribution in [0.5, 0.6) is 11.5 Å². The summed E-state index contributed by atoms with van der Waals surface area (Å²) in [5, 5.41) is 3.07. The van der Waals surface area contributed by atoms with Crippen molar-refractivity contribution in [3.8, 4) is 11.5 Å². The summed E-state index contributed by atoms with van der Waals surface area (Å²) in [7, 11) is 0. The van der Waals surface area contributed by atoms with Crippen molar-refractivity contribution in [2.45, 2.75) is 19.9 Å². The lowest BCUT2D eigenvalue weighted by atomic mass is 10.2. The second-order valence-corrected chi connectivity index (χ2v) is 5.35. The molecule has 0 spiro atoms. The lowest BCUT2D eigenvalue weighted by Crippen LogP contribution is -2.22. The molecule has 2 heterocycles. The molecule has 0 aliphatic carbocycles. The summed E-state index contributed by atoms with van der Waals surface area (Å²) in [4.78, 5) is 8.56. The van der Waals surface area contributed by atoms with Gasteiger partial charge >= 0.3 is 0 Å². The Morgan fingerprint density at radius 3 is 2.83 bits per heavy atom. The minimum atomic E-state index is 0.347. The average Bonchev–Trinajstić information content (AvgIpc) is 2.79. The molecule has 1 aliphatic heterocycles. The second kappa shape index (κ2) is 7.00. The van der Waals surface area contributed by atoms with Crippen molar-refractivity contribution in [3.05, 3.63) is 47.8 Å². The lowest BCUT2D eigenvalue weighted by molar-refractivity contribution is 0.297. The molecule has 6 nitrogen and oxygen atoms in total. The molecule has 0 atom stereocenters. The highest BCUT2D eigenvalue weighted by molar-refractivity contribution is 5.92. The molecule has 6 heteroatoms. The Hall–Kier alpha value is -2.76. The summed E-state index contributed by atoms with van der Waals surface area (Å²) in [6.07, 6.45) is 2.69. The van der Waals surface area contributed by atoms with E-state index in [2.05, 4.69) is 15.3 Å². The van der Waals surface area contributed by atoms with E-state index in [9.17, 15) is 0 Å². The molecule has 0 unspecified atom stereocenters. The molecule has 1 aromatic carbocycles. The first-order valence-electron chi connectivity index (χ1n) is 7.59. The van der Waals surface area contributed by atoms with Crippen LogP contribution in [0.25, 0.3) is 0 Å². The van der Waals surface area contributed by atoms with E-state index in [-0.39, 0.29) is 0 Å². The van der Waals surface area contributed by atoms with Gasteiger partial charge < -0.3 is 20.5 Å². The molecule has 120 valence electrons. The minimum Gasteiger partial charge on any atom is -0.490 e. The van der Waals surface area contributed by atoms with E-state index in [0.29, 0.717) is 25.7 Å². The van der Waals surface area contributed by atoms with E-state index in [1.165, 1.54) is 0 Å². The van der Waals surface area contributed by atoms with E-state index < -0.39 is 0 Å². The van der Waals surface area contributed by atoms with Crippen LogP contribution in [0.1, 0.15) is 17.7 Å². The number of aromatic nitrogens is 1. The molecule has 0 fully saturated rings. The van der Waals surface area contributed by atoms with Gasteiger partial charge in [0.2, 0.25) is 0 Å². The zero-order valence-electron chi connectivity index (χ0n) is 13.1. The van der Waals surface area contributed by atoms with Gasteiger partial charge in [-0.3, -0.25) is 4.98 Å². The van der Waals surface area contributed by atoms with Gasteiger partial charge in [0.25, 0.3) is 0 Å². The second-order valence-electron chi connectivity index (χ2n) is 5.35. The molecule has 0 amide bonds. The zero-order valence-corrected chi connectivity index (χ0v) is 13.1. The number of benzene rings is 1. The zero-order chi connectivity index (χ0) is 16.1. The van der Waals surface area contributed by atoms with Crippen LogP contribution in [0.15, 0.2) is 41.5 Å². The normalized spacial score (nSPS) is 14.2. The van der Waals surface area contributed by atoms with Crippen LogP contribution in [-0.2, 0) is 6.54 Å². The summed E-state index contributed by atoms with van der Waals surface area (Å²) in [6, 6.07) is 9.59. The van der Waals surface area contributed by atoms with Crippen molar-refractivity contribution in [2.24, 2.45) is 10.7 Å². The van der Waals surface area contributed by atoms with Crippen LogP contribution < -0.4 is 20.5 Å². The maximum Gasteiger partial charge on any atom is 0.193 e. The van der Waals surface area contributed by atoms with Crippen molar-refractivity contribution in [1.82, 2.24) is 4.98 Å². The number of ether oxygens (including phenoxy) is 2. The van der Waals surface area contributed by atoms with Gasteiger partial charge in [0.05, 0.1) is 19.8 Å². The summed E-state index contributed by atoms with van der Waals surface area (Å²) in [5.74, 6) is 1.83. The molecule has 2 aromatic rings. The van der Waals surface area contributed by atoms with Crippen LogP contribution in [-0.4, -0.2) is 24.2 Å². The Morgan fingerprint density at radius 1 is 1.22 bits per heavy atom. The first kappa shape index (κ1) is 15.1. The standard InChI is InChI=1S/C17H20N4O2/c1-12-3-4-13(10-19-12)11-20-17(18)21-14-5-6-15-16(9-14)23-8-2-7-22-15/h3-6,9-10H,2,7-8,11H2,1H3,(H3,18,20,21). The molecule has 0 saturated heterocycles. The molecule has 0 radical (unpaired) electrons. The van der Waals surface area contributed by atoms with Crippen LogP contribution in [0.3, 0.4) is 0 Å². The maximum atomic E-state index is 5.94. The number of hydrogen-bond acceptors (Lipinski definition) is 4. The first-order chi connectivity index (χ1) is 11.2. The van der Waals surface area contributed by atoms with Crippen molar-refractivity contribution in [2.75, 3.05) is 18.5 Å². The number of hydrogen-bond donors (Lipinski definition) is 2. The quantitative estimate of drug-likeness (QED) is 0.672. The smallest absolute Gasteiger partial charge is 0.193 e. The van der Waals surface area contributed by atoms with Crippen LogP contribution in [0, 0.1) is 6.92 Å². The number of nitrogens with two attached hydrogens (primary N) is 1. The summed E-state index contributed by atoms with van der Waals surface area (Å²) in [5.41, 5.74) is 8.75. The van der Waals surface area contributed by atoms with Crippen molar-refractivity contribution in [3.63, 3.8) is 0 Å². The summed E-state index contributed by atoms with van der Waals surface area (Å²) >= 11 is 0. The van der Waals surface area contributed by atoms with Crippen LogP contribution >= 0.6 is 0 Å². The third-order valence-electron chi connectivity index (χ3n) is 3.42. The minimum absolute atomic E-state index is 0.347. The molecule has 23 heavy (non-hydrogen) atoms. The van der Waals surface area contributed by atoms with E-state index in [0.717, 1.165) is 34.9 Å². The highest BCUT2D eigenvalue weighted by Gasteiger charge is 2.10. The van der Waals surface area contributed by atoms with Gasteiger partial charge in [0, 0.05) is 30.1 Å². The number of nitrogens with zero attached hydrogens (tertiary/aromatic N) is 2. The number of anilines is 1. The van der Waals surface area contributed by atoms with Gasteiger partial charge in [-0.15, -0.1) is 0 Å². The number of fused-ring (bicyclic) bond motifs is 1. The molecule has 3 rings (SSSR count). The Labute approximate surface area is 135 Å². The average molecular weight is 312 g/mol. The van der Waals surface area contributed by atoms with Crippen molar-refractivity contribution in [1.29, 1.82) is 0 Å². The Kier molecular flexibility index (Phi) is 4.61. The van der Waals surface area contributed by atoms with Gasteiger partial charge in [-0.1, -0.05) is 6.07 Å². The number of pyridine rings is 1. The van der Waals surface area contributed by atoms with Gasteiger partial charge in [-0.25, -0.2) is 4.99 Å². The number of rotatable bonds is 3. The molecular formula is C17H20N4O2. The molecule has 1 aliphatic rings. The van der Waals surface area contributed by atoms with E-state index in [1.807, 2.05) is 37.3 Å². The molecule has 3 N–H and O–H groups in total. The van der Waals surface area contributed by atoms with Crippen molar-refractivity contribution < 1.29 is 9.47 Å². The number of aryl methyl sites for hydroxylation is 1. The number of aliphatic imine (C=N–C) groups is 1. The fraction of sp³-hybridized carbons (Fsp3) is 0.294. The predicted octanol–water partition coefficient (Wildman–Crippen LogP) is 2.48. The summed E-state index contributed by atoms with van der Waals surface area (Å²) in [6.45, 7) is 3.76. The Morgan fingerprint density at radius 2 is 2.04 bits per heavy atom. The SMILES string of the molecule is Cc1ccc(CN=C(N)Nc2ccc3c(c2)OCCCO3)cn1. The van der Waals surface area contributed by atoms with Crippen LogP contribution in [0.2, 0.25) is 0 Å². The largest absolute Gasteiger partial charge is 0.490 e. The maximum absolute atomic E-state index is 5.94. The van der Waals surface area contributed by atoms with Gasteiger partial charge in [-0.2, -0.15) is 0 Å². The first-order valence-corrected chi connectivity index (χ1v) is 7.59. The fourth-order valence-electron chi connectivity index (χ4n) is 2.20. The number of guanidine groups is 1. The molecular weight excluding hydrogens is 292 g/mol. The Bertz CT molecular complexity index is 698. The number of nitrogens with one attached hydrogen (secondary N) is 1. The van der Waals surface area contributed by atoms with Gasteiger partial charge in [0.15, 0.2) is 17.5 Å². The third-order valence-corrected chi connectivity index (χ3v) is 3.42. The van der Waals surface area contributed by atoms with E-state index in [4.69, 9.17) is 15.2 Å². The summed E-state index contributed by atoms with van der Waals surface area (Å²) < 4.78 is 11.3. The van der Waals surface area contributed by atoms with E-state index >= 15 is 0 Å².